The van der Waals surface area contributed by atoms with Crippen LogP contribution in [0.3, 0.4) is 0 Å². The summed E-state index contributed by atoms with van der Waals surface area (Å²) in [6, 6.07) is 4.75. The standard InChI is InChI=1S/C14H13ClF3N3/c1-2-3-11-12(15)19-8-20-13(11)21-10-6-4-9(5-7-10)14(16,17)18/h4-8H,2-3H2,1H3,(H,19,20,21). The van der Waals surface area contributed by atoms with E-state index in [0.29, 0.717) is 23.1 Å². The Balaban J connectivity index is 2.24. The number of hydrogen-bond donors (Lipinski definition) is 1. The second-order valence-electron chi connectivity index (χ2n) is 4.44. The van der Waals surface area contributed by atoms with Crippen molar-refractivity contribution in [1.29, 1.82) is 0 Å². The van der Waals surface area contributed by atoms with Crippen LogP contribution in [0.5, 0.6) is 0 Å². The average molecular weight is 316 g/mol. The van der Waals surface area contributed by atoms with Gasteiger partial charge in [-0.3, -0.25) is 0 Å². The van der Waals surface area contributed by atoms with E-state index in [1.807, 2.05) is 6.92 Å². The van der Waals surface area contributed by atoms with Gasteiger partial charge in [-0.05, 0) is 30.7 Å². The Kier molecular flexibility index (Phi) is 4.67. The van der Waals surface area contributed by atoms with Crippen molar-refractivity contribution in [2.45, 2.75) is 25.9 Å². The summed E-state index contributed by atoms with van der Waals surface area (Å²) in [7, 11) is 0. The maximum atomic E-state index is 12.5. The molecule has 1 aromatic heterocycles. The van der Waals surface area contributed by atoms with E-state index in [2.05, 4.69) is 15.3 Å². The molecule has 0 unspecified atom stereocenters. The lowest BCUT2D eigenvalue weighted by Gasteiger charge is -2.12. The first kappa shape index (κ1) is 15.6. The minimum Gasteiger partial charge on any atom is -0.340 e. The third-order valence-electron chi connectivity index (χ3n) is 2.87. The topological polar surface area (TPSA) is 37.8 Å². The van der Waals surface area contributed by atoms with Crippen LogP contribution in [0.4, 0.5) is 24.7 Å². The molecular formula is C14H13ClF3N3. The molecule has 0 aliphatic heterocycles. The van der Waals surface area contributed by atoms with Crippen LogP contribution < -0.4 is 5.32 Å². The number of nitrogens with one attached hydrogen (secondary N) is 1. The summed E-state index contributed by atoms with van der Waals surface area (Å²) in [5.41, 5.74) is 0.569. The van der Waals surface area contributed by atoms with Gasteiger partial charge in [-0.25, -0.2) is 9.97 Å². The third-order valence-corrected chi connectivity index (χ3v) is 3.19. The van der Waals surface area contributed by atoms with Crippen molar-refractivity contribution in [3.8, 4) is 0 Å². The summed E-state index contributed by atoms with van der Waals surface area (Å²) in [4.78, 5) is 8.01. The Morgan fingerprint density at radius 1 is 1.14 bits per heavy atom. The first-order valence-electron chi connectivity index (χ1n) is 6.35. The second-order valence-corrected chi connectivity index (χ2v) is 4.80. The summed E-state index contributed by atoms with van der Waals surface area (Å²) < 4.78 is 37.5. The largest absolute Gasteiger partial charge is 0.416 e. The van der Waals surface area contributed by atoms with E-state index < -0.39 is 11.7 Å². The number of aromatic nitrogens is 2. The molecule has 2 aromatic rings. The molecule has 0 radical (unpaired) electrons. The number of nitrogens with zero attached hydrogens (tertiary/aromatic N) is 2. The number of rotatable bonds is 4. The second kappa shape index (κ2) is 6.30. The highest BCUT2D eigenvalue weighted by Crippen LogP contribution is 2.31. The van der Waals surface area contributed by atoms with E-state index in [0.717, 1.165) is 24.1 Å². The minimum atomic E-state index is -4.34. The van der Waals surface area contributed by atoms with Crippen LogP contribution in [0.15, 0.2) is 30.6 Å². The molecule has 0 amide bonds. The van der Waals surface area contributed by atoms with E-state index in [-0.39, 0.29) is 0 Å². The number of halogens is 4. The molecule has 1 heterocycles. The Labute approximate surface area is 125 Å². The maximum Gasteiger partial charge on any atom is 0.416 e. The molecule has 0 saturated heterocycles. The first-order valence-corrected chi connectivity index (χ1v) is 6.73. The Morgan fingerprint density at radius 2 is 1.81 bits per heavy atom. The Hall–Kier alpha value is -1.82. The van der Waals surface area contributed by atoms with E-state index in [4.69, 9.17) is 11.6 Å². The molecule has 112 valence electrons. The quantitative estimate of drug-likeness (QED) is 0.820. The van der Waals surface area contributed by atoms with Crippen LogP contribution >= 0.6 is 11.6 Å². The third kappa shape index (κ3) is 3.85. The van der Waals surface area contributed by atoms with Crippen molar-refractivity contribution < 1.29 is 13.2 Å². The number of anilines is 2. The van der Waals surface area contributed by atoms with E-state index in [1.165, 1.54) is 18.5 Å². The van der Waals surface area contributed by atoms with Crippen LogP contribution in [0.25, 0.3) is 0 Å². The molecule has 0 saturated carbocycles. The number of hydrogen-bond acceptors (Lipinski definition) is 3. The molecule has 7 heteroatoms. The van der Waals surface area contributed by atoms with Crippen molar-refractivity contribution in [1.82, 2.24) is 9.97 Å². The van der Waals surface area contributed by atoms with Crippen molar-refractivity contribution in [3.63, 3.8) is 0 Å². The lowest BCUT2D eigenvalue weighted by Crippen LogP contribution is -2.05. The highest BCUT2D eigenvalue weighted by Gasteiger charge is 2.29. The van der Waals surface area contributed by atoms with Gasteiger partial charge in [0.05, 0.1) is 5.56 Å². The zero-order valence-electron chi connectivity index (χ0n) is 11.2. The maximum absolute atomic E-state index is 12.5. The van der Waals surface area contributed by atoms with Gasteiger partial charge in [0.2, 0.25) is 0 Å². The molecule has 0 aliphatic carbocycles. The fourth-order valence-corrected chi connectivity index (χ4v) is 2.08. The zero-order valence-corrected chi connectivity index (χ0v) is 12.0. The van der Waals surface area contributed by atoms with Crippen molar-refractivity contribution in [2.24, 2.45) is 0 Å². The van der Waals surface area contributed by atoms with Gasteiger partial charge in [-0.15, -0.1) is 0 Å². The first-order chi connectivity index (χ1) is 9.91. The molecule has 0 atom stereocenters. The van der Waals surface area contributed by atoms with Gasteiger partial charge in [0.1, 0.15) is 17.3 Å². The van der Waals surface area contributed by atoms with Gasteiger partial charge < -0.3 is 5.32 Å². The van der Waals surface area contributed by atoms with Crippen molar-refractivity contribution >= 4 is 23.1 Å². The van der Waals surface area contributed by atoms with Gasteiger partial charge in [0.25, 0.3) is 0 Å². The molecule has 1 aromatic carbocycles. The number of benzene rings is 1. The summed E-state index contributed by atoms with van der Waals surface area (Å²) >= 11 is 6.02. The van der Waals surface area contributed by atoms with Crippen LogP contribution in [0.1, 0.15) is 24.5 Å². The summed E-state index contributed by atoms with van der Waals surface area (Å²) in [6.07, 6.45) is -1.49. The highest BCUT2D eigenvalue weighted by atomic mass is 35.5. The van der Waals surface area contributed by atoms with Crippen molar-refractivity contribution in [3.05, 3.63) is 46.9 Å². The van der Waals surface area contributed by atoms with Gasteiger partial charge in [0.15, 0.2) is 0 Å². The normalized spacial score (nSPS) is 11.5. The van der Waals surface area contributed by atoms with Crippen LogP contribution in [0.2, 0.25) is 5.15 Å². The van der Waals surface area contributed by atoms with E-state index in [1.54, 1.807) is 0 Å². The molecule has 1 N–H and O–H groups in total. The Bertz CT molecular complexity index is 612. The van der Waals surface area contributed by atoms with Crippen molar-refractivity contribution in [2.75, 3.05) is 5.32 Å². The molecule has 0 spiro atoms. The van der Waals surface area contributed by atoms with Gasteiger partial charge in [-0.1, -0.05) is 24.9 Å². The van der Waals surface area contributed by atoms with E-state index >= 15 is 0 Å². The lowest BCUT2D eigenvalue weighted by molar-refractivity contribution is -0.137. The molecule has 0 fully saturated rings. The molecule has 0 bridgehead atoms. The molecule has 0 aliphatic rings. The fourth-order valence-electron chi connectivity index (χ4n) is 1.85. The van der Waals surface area contributed by atoms with Crippen LogP contribution in [0, 0.1) is 0 Å². The molecule has 2 rings (SSSR count). The average Bonchev–Trinajstić information content (AvgIpc) is 2.42. The van der Waals surface area contributed by atoms with Gasteiger partial charge in [-0.2, -0.15) is 13.2 Å². The zero-order chi connectivity index (χ0) is 15.5. The molecule has 3 nitrogen and oxygen atoms in total. The predicted octanol–water partition coefficient (Wildman–Crippen LogP) is 4.84. The Morgan fingerprint density at radius 3 is 2.38 bits per heavy atom. The predicted molar refractivity (Wildman–Crippen MR) is 75.8 cm³/mol. The smallest absolute Gasteiger partial charge is 0.340 e. The fraction of sp³-hybridized carbons (Fsp3) is 0.286. The highest BCUT2D eigenvalue weighted by molar-refractivity contribution is 6.30. The van der Waals surface area contributed by atoms with E-state index in [9.17, 15) is 13.2 Å². The summed E-state index contributed by atoms with van der Waals surface area (Å²) in [6.45, 7) is 1.99. The van der Waals surface area contributed by atoms with Gasteiger partial charge >= 0.3 is 6.18 Å². The summed E-state index contributed by atoms with van der Waals surface area (Å²) in [5.74, 6) is 0.511. The van der Waals surface area contributed by atoms with Crippen LogP contribution in [-0.2, 0) is 12.6 Å². The monoisotopic (exact) mass is 315 g/mol. The summed E-state index contributed by atoms with van der Waals surface area (Å²) in [5, 5.41) is 3.32. The molecule has 21 heavy (non-hydrogen) atoms. The molecular weight excluding hydrogens is 303 g/mol. The van der Waals surface area contributed by atoms with Crippen LogP contribution in [-0.4, -0.2) is 9.97 Å². The van der Waals surface area contributed by atoms with Gasteiger partial charge in [0, 0.05) is 11.3 Å². The lowest BCUT2D eigenvalue weighted by atomic mass is 10.1. The number of alkyl halides is 3. The minimum absolute atomic E-state index is 0.348. The SMILES string of the molecule is CCCc1c(Cl)ncnc1Nc1ccc(C(F)(F)F)cc1.